The number of thioether (sulfide) groups is 1. The number of nitrogens with zero attached hydrogens (tertiary/aromatic N) is 2. The molecule has 2 atom stereocenters. The Hall–Kier alpha value is -1.71. The first kappa shape index (κ1) is 17.7. The van der Waals surface area contributed by atoms with E-state index in [1.165, 1.54) is 29.2 Å². The molecular formula is C17H15FN2O3S3. The number of anilines is 1. The van der Waals surface area contributed by atoms with Crippen molar-refractivity contribution >= 4 is 49.7 Å². The van der Waals surface area contributed by atoms with E-state index in [0.717, 1.165) is 4.88 Å². The predicted octanol–water partition coefficient (Wildman–Crippen LogP) is 2.73. The number of sulfone groups is 1. The third-order valence-electron chi connectivity index (χ3n) is 4.30. The molecule has 26 heavy (non-hydrogen) atoms. The lowest BCUT2D eigenvalue weighted by atomic mass is 10.2. The fraction of sp³-hybridized carbons (Fsp3) is 0.294. The van der Waals surface area contributed by atoms with E-state index in [4.69, 9.17) is 0 Å². The van der Waals surface area contributed by atoms with E-state index in [2.05, 4.69) is 4.99 Å². The van der Waals surface area contributed by atoms with E-state index in [1.807, 2.05) is 17.5 Å². The van der Waals surface area contributed by atoms with Gasteiger partial charge in [-0.25, -0.2) is 12.8 Å². The highest BCUT2D eigenvalue weighted by Crippen LogP contribution is 2.41. The number of hydrogen-bond donors (Lipinski definition) is 0. The van der Waals surface area contributed by atoms with Gasteiger partial charge in [0.25, 0.3) is 5.91 Å². The molecule has 2 fully saturated rings. The molecule has 0 bridgehead atoms. The smallest absolute Gasteiger partial charge is 0.253 e. The minimum atomic E-state index is -3.18. The molecule has 2 saturated heterocycles. The average molecular weight is 411 g/mol. The predicted molar refractivity (Wildman–Crippen MR) is 103 cm³/mol. The Labute approximate surface area is 158 Å². The quantitative estimate of drug-likeness (QED) is 0.778. The summed E-state index contributed by atoms with van der Waals surface area (Å²) in [6.07, 6.45) is 0.181. The van der Waals surface area contributed by atoms with E-state index in [0.29, 0.717) is 5.17 Å². The van der Waals surface area contributed by atoms with Crippen LogP contribution in [0.25, 0.3) is 0 Å². The molecule has 1 amide bonds. The summed E-state index contributed by atoms with van der Waals surface area (Å²) in [5.74, 6) is -0.821. The number of hydrogen-bond acceptors (Lipinski definition) is 5. The zero-order chi connectivity index (χ0) is 18.3. The maximum Gasteiger partial charge on any atom is 0.253 e. The van der Waals surface area contributed by atoms with E-state index in [1.54, 1.807) is 23.1 Å². The van der Waals surface area contributed by atoms with Crippen molar-refractivity contribution in [2.75, 3.05) is 16.4 Å². The molecule has 2 aromatic rings. The van der Waals surface area contributed by atoms with Gasteiger partial charge in [-0.2, -0.15) is 4.99 Å². The number of halogens is 1. The van der Waals surface area contributed by atoms with E-state index in [-0.39, 0.29) is 34.8 Å². The summed E-state index contributed by atoms with van der Waals surface area (Å²) in [6.45, 7) is 0. The molecule has 4 rings (SSSR count). The number of amidine groups is 1. The highest BCUT2D eigenvalue weighted by molar-refractivity contribution is 8.16. The fourth-order valence-electron chi connectivity index (χ4n) is 3.20. The lowest BCUT2D eigenvalue weighted by molar-refractivity contribution is -0.117. The Morgan fingerprint density at radius 3 is 2.77 bits per heavy atom. The molecule has 136 valence electrons. The van der Waals surface area contributed by atoms with E-state index in [9.17, 15) is 17.6 Å². The van der Waals surface area contributed by atoms with Crippen LogP contribution in [0.2, 0.25) is 0 Å². The minimum Gasteiger partial charge on any atom is -0.313 e. The van der Waals surface area contributed by atoms with Crippen molar-refractivity contribution in [1.29, 1.82) is 0 Å². The third kappa shape index (κ3) is 3.43. The van der Waals surface area contributed by atoms with Crippen LogP contribution in [0.5, 0.6) is 0 Å². The molecule has 9 heteroatoms. The molecule has 2 aliphatic heterocycles. The van der Waals surface area contributed by atoms with Gasteiger partial charge in [0.05, 0.1) is 29.7 Å². The lowest BCUT2D eigenvalue weighted by Crippen LogP contribution is -2.38. The zero-order valence-corrected chi connectivity index (χ0v) is 16.0. The number of para-hydroxylation sites is 1. The van der Waals surface area contributed by atoms with Crippen molar-refractivity contribution in [3.05, 3.63) is 52.5 Å². The Morgan fingerprint density at radius 2 is 2.04 bits per heavy atom. The van der Waals surface area contributed by atoms with Crippen LogP contribution in [0.4, 0.5) is 10.1 Å². The van der Waals surface area contributed by atoms with Crippen molar-refractivity contribution in [3.63, 3.8) is 0 Å². The number of aliphatic imine (C=N–C) groups is 1. The monoisotopic (exact) mass is 410 g/mol. The molecule has 3 heterocycles. The molecular weight excluding hydrogens is 395 g/mol. The number of fused-ring (bicyclic) bond motifs is 1. The number of rotatable bonds is 3. The number of amides is 1. The number of carbonyl (C=O) groups excluding carboxylic acids is 1. The normalized spacial score (nSPS) is 25.6. The highest BCUT2D eigenvalue weighted by Gasteiger charge is 2.49. The summed E-state index contributed by atoms with van der Waals surface area (Å²) < 4.78 is 38.4. The Balaban J connectivity index is 1.68. The first-order chi connectivity index (χ1) is 12.4. The van der Waals surface area contributed by atoms with Crippen LogP contribution in [0, 0.1) is 5.82 Å². The van der Waals surface area contributed by atoms with Crippen LogP contribution < -0.4 is 4.90 Å². The minimum absolute atomic E-state index is 0.0193. The summed E-state index contributed by atoms with van der Waals surface area (Å²) in [7, 11) is -3.18. The molecule has 0 spiro atoms. The van der Waals surface area contributed by atoms with Crippen LogP contribution in [0.1, 0.15) is 4.88 Å². The summed E-state index contributed by atoms with van der Waals surface area (Å²) >= 11 is 2.72. The van der Waals surface area contributed by atoms with Gasteiger partial charge < -0.3 is 4.90 Å². The van der Waals surface area contributed by atoms with Crippen LogP contribution in [-0.4, -0.2) is 42.3 Å². The molecule has 0 aliphatic carbocycles. The van der Waals surface area contributed by atoms with Gasteiger partial charge in [-0.3, -0.25) is 4.79 Å². The van der Waals surface area contributed by atoms with Crippen molar-refractivity contribution in [3.8, 4) is 0 Å². The first-order valence-corrected chi connectivity index (χ1v) is 11.6. The van der Waals surface area contributed by atoms with Crippen LogP contribution in [0.3, 0.4) is 0 Å². The molecule has 0 N–H and O–H groups in total. The Morgan fingerprint density at radius 1 is 1.23 bits per heavy atom. The van der Waals surface area contributed by atoms with Gasteiger partial charge in [-0.05, 0) is 23.6 Å². The van der Waals surface area contributed by atoms with Crippen molar-refractivity contribution in [2.45, 2.75) is 17.7 Å². The van der Waals surface area contributed by atoms with Crippen LogP contribution in [0.15, 0.2) is 46.8 Å². The number of benzene rings is 1. The summed E-state index contributed by atoms with van der Waals surface area (Å²) in [5, 5.41) is 2.02. The molecule has 2 aliphatic rings. The van der Waals surface area contributed by atoms with E-state index < -0.39 is 21.7 Å². The summed E-state index contributed by atoms with van der Waals surface area (Å²) in [5.41, 5.74) is 0.257. The maximum absolute atomic E-state index is 14.4. The second-order valence-electron chi connectivity index (χ2n) is 6.17. The molecule has 1 aromatic heterocycles. The van der Waals surface area contributed by atoms with Crippen LogP contribution in [-0.2, 0) is 21.1 Å². The van der Waals surface area contributed by atoms with Gasteiger partial charge in [0, 0.05) is 10.1 Å². The van der Waals surface area contributed by atoms with Crippen molar-refractivity contribution < 1.29 is 17.6 Å². The van der Waals surface area contributed by atoms with Crippen molar-refractivity contribution in [1.82, 2.24) is 0 Å². The molecule has 0 radical (unpaired) electrons. The average Bonchev–Trinajstić information content (AvgIpc) is 3.23. The topological polar surface area (TPSA) is 66.8 Å². The van der Waals surface area contributed by atoms with Gasteiger partial charge >= 0.3 is 0 Å². The molecule has 1 aromatic carbocycles. The SMILES string of the molecule is O=C(Cc1cccs1)N=C1S[C@H]2CS(=O)(=O)C[C@H]2N1c1ccccc1F. The molecule has 0 saturated carbocycles. The second-order valence-corrected chi connectivity index (χ2v) is 10.6. The standard InChI is InChI=1S/C17H15FN2O3S3/c18-12-5-1-2-6-13(12)20-14-9-26(22,23)10-15(14)25-17(20)19-16(21)8-11-4-3-7-24-11/h1-7,14-15H,8-10H2/t14-,15+/m1/s1. The Kier molecular flexibility index (Phi) is 4.62. The summed E-state index contributed by atoms with van der Waals surface area (Å²) in [6, 6.07) is 9.49. The largest absolute Gasteiger partial charge is 0.313 e. The maximum atomic E-state index is 14.4. The highest BCUT2D eigenvalue weighted by atomic mass is 32.2. The van der Waals surface area contributed by atoms with Gasteiger partial charge in [0.1, 0.15) is 5.82 Å². The van der Waals surface area contributed by atoms with Crippen molar-refractivity contribution in [2.24, 2.45) is 4.99 Å². The lowest BCUT2D eigenvalue weighted by Gasteiger charge is -2.24. The van der Waals surface area contributed by atoms with Crippen LogP contribution >= 0.6 is 23.1 Å². The van der Waals surface area contributed by atoms with E-state index >= 15 is 0 Å². The number of carbonyl (C=O) groups is 1. The zero-order valence-electron chi connectivity index (χ0n) is 13.5. The second kappa shape index (κ2) is 6.79. The third-order valence-corrected chi connectivity index (χ3v) is 8.39. The molecule has 0 unspecified atom stereocenters. The summed E-state index contributed by atoms with van der Waals surface area (Å²) in [4.78, 5) is 19.0. The van der Waals surface area contributed by atoms with Gasteiger partial charge in [-0.1, -0.05) is 30.0 Å². The van der Waals surface area contributed by atoms with Gasteiger partial charge in [0.2, 0.25) is 0 Å². The van der Waals surface area contributed by atoms with Gasteiger partial charge in [-0.15, -0.1) is 11.3 Å². The molecule has 5 nitrogen and oxygen atoms in total. The van der Waals surface area contributed by atoms with Gasteiger partial charge in [0.15, 0.2) is 15.0 Å². The number of thiophene rings is 1. The fourth-order valence-corrected chi connectivity index (χ4v) is 7.82. The first-order valence-electron chi connectivity index (χ1n) is 7.98. The Bertz CT molecular complexity index is 973.